The lowest BCUT2D eigenvalue weighted by Crippen LogP contribution is -2.44. The monoisotopic (exact) mass is 298 g/mol. The second-order valence-electron chi connectivity index (χ2n) is 4.70. The van der Waals surface area contributed by atoms with Crippen LogP contribution in [-0.2, 0) is 4.74 Å². The van der Waals surface area contributed by atoms with E-state index in [0.29, 0.717) is 6.04 Å². The van der Waals surface area contributed by atoms with E-state index in [-0.39, 0.29) is 6.09 Å². The number of ether oxygens (including phenoxy) is 1. The standard InChI is InChI=1S/C9H18N2O2.C6H5Cl/c1-8-4-3-5-10-6-7-11(8)9(12)13-2;7-6-4-2-1-3-5-6/h8,10H,3-7H2,1-2H3;1-5H. The van der Waals surface area contributed by atoms with Gasteiger partial charge in [-0.05, 0) is 38.4 Å². The maximum Gasteiger partial charge on any atom is 0.409 e. The van der Waals surface area contributed by atoms with Crippen molar-refractivity contribution < 1.29 is 9.53 Å². The zero-order valence-electron chi connectivity index (χ0n) is 12.1. The van der Waals surface area contributed by atoms with Crippen molar-refractivity contribution in [1.82, 2.24) is 10.2 Å². The van der Waals surface area contributed by atoms with Crippen LogP contribution in [0.3, 0.4) is 0 Å². The van der Waals surface area contributed by atoms with E-state index in [1.807, 2.05) is 30.3 Å². The molecule has 0 bridgehead atoms. The van der Waals surface area contributed by atoms with Crippen molar-refractivity contribution >= 4 is 17.7 Å². The number of rotatable bonds is 0. The van der Waals surface area contributed by atoms with E-state index >= 15 is 0 Å². The van der Waals surface area contributed by atoms with Crippen molar-refractivity contribution in [3.05, 3.63) is 35.4 Å². The lowest BCUT2D eigenvalue weighted by atomic mass is 10.1. The van der Waals surface area contributed by atoms with Crippen molar-refractivity contribution in [3.8, 4) is 0 Å². The third-order valence-corrected chi connectivity index (χ3v) is 3.43. The molecular weight excluding hydrogens is 276 g/mol. The lowest BCUT2D eigenvalue weighted by Gasteiger charge is -2.30. The van der Waals surface area contributed by atoms with Crippen LogP contribution < -0.4 is 5.32 Å². The fourth-order valence-electron chi connectivity index (χ4n) is 2.03. The van der Waals surface area contributed by atoms with Crippen LogP contribution in [0, 0.1) is 0 Å². The molecule has 1 heterocycles. The van der Waals surface area contributed by atoms with Crippen molar-refractivity contribution in [1.29, 1.82) is 0 Å². The molecule has 20 heavy (non-hydrogen) atoms. The third kappa shape index (κ3) is 6.26. The van der Waals surface area contributed by atoms with Gasteiger partial charge in [0, 0.05) is 24.2 Å². The average molecular weight is 299 g/mol. The molecule has 1 unspecified atom stereocenters. The van der Waals surface area contributed by atoms with Crippen LogP contribution in [0.25, 0.3) is 0 Å². The van der Waals surface area contributed by atoms with E-state index in [4.69, 9.17) is 16.3 Å². The Bertz CT molecular complexity index is 387. The molecule has 1 aromatic carbocycles. The highest BCUT2D eigenvalue weighted by atomic mass is 35.5. The molecule has 1 aromatic rings. The number of benzene rings is 1. The molecular formula is C15H23ClN2O2. The van der Waals surface area contributed by atoms with Gasteiger partial charge in [0.25, 0.3) is 0 Å². The summed E-state index contributed by atoms with van der Waals surface area (Å²) >= 11 is 5.54. The zero-order chi connectivity index (χ0) is 14.8. The van der Waals surface area contributed by atoms with Crippen molar-refractivity contribution in [2.24, 2.45) is 0 Å². The van der Waals surface area contributed by atoms with E-state index in [9.17, 15) is 4.79 Å². The van der Waals surface area contributed by atoms with Crippen molar-refractivity contribution in [2.45, 2.75) is 25.8 Å². The van der Waals surface area contributed by atoms with Crippen LogP contribution in [0.5, 0.6) is 0 Å². The number of hydrogen-bond acceptors (Lipinski definition) is 3. The minimum atomic E-state index is -0.212. The SMILES string of the molecule is COC(=O)N1CCNCCCC1C.Clc1ccccc1. The van der Waals surface area contributed by atoms with Gasteiger partial charge in [-0.3, -0.25) is 0 Å². The van der Waals surface area contributed by atoms with Gasteiger partial charge >= 0.3 is 6.09 Å². The molecule has 1 amide bonds. The predicted octanol–water partition coefficient (Wildman–Crippen LogP) is 3.17. The van der Waals surface area contributed by atoms with Crippen LogP contribution >= 0.6 is 11.6 Å². The smallest absolute Gasteiger partial charge is 0.409 e. The first-order chi connectivity index (χ1) is 9.65. The number of hydrogen-bond donors (Lipinski definition) is 1. The highest BCUT2D eigenvalue weighted by Crippen LogP contribution is 2.09. The Hall–Kier alpha value is -1.26. The van der Waals surface area contributed by atoms with Gasteiger partial charge in [-0.25, -0.2) is 4.79 Å². The van der Waals surface area contributed by atoms with Gasteiger partial charge in [0.1, 0.15) is 0 Å². The molecule has 1 fully saturated rings. The summed E-state index contributed by atoms with van der Waals surface area (Å²) in [6, 6.07) is 9.74. The molecule has 0 spiro atoms. The van der Waals surface area contributed by atoms with Gasteiger partial charge in [0.15, 0.2) is 0 Å². The van der Waals surface area contributed by atoms with Crippen molar-refractivity contribution in [3.63, 3.8) is 0 Å². The molecule has 5 heteroatoms. The summed E-state index contributed by atoms with van der Waals surface area (Å²) in [6.45, 7) is 4.73. The van der Waals surface area contributed by atoms with Gasteiger partial charge in [0.2, 0.25) is 0 Å². The first-order valence-corrected chi connectivity index (χ1v) is 7.28. The zero-order valence-corrected chi connectivity index (χ0v) is 12.9. The first-order valence-electron chi connectivity index (χ1n) is 6.91. The summed E-state index contributed by atoms with van der Waals surface area (Å²) < 4.78 is 4.72. The summed E-state index contributed by atoms with van der Waals surface area (Å²) in [5, 5.41) is 4.06. The number of halogens is 1. The van der Waals surface area contributed by atoms with Gasteiger partial charge < -0.3 is 15.0 Å². The first kappa shape index (κ1) is 16.8. The summed E-state index contributed by atoms with van der Waals surface area (Å²) in [4.78, 5) is 13.1. The molecule has 0 radical (unpaired) electrons. The predicted molar refractivity (Wildman–Crippen MR) is 82.1 cm³/mol. The van der Waals surface area contributed by atoms with E-state index in [0.717, 1.165) is 37.5 Å². The summed E-state index contributed by atoms with van der Waals surface area (Å²) in [5.74, 6) is 0. The fraction of sp³-hybridized carbons (Fsp3) is 0.533. The number of methoxy groups -OCH3 is 1. The Labute approximate surface area is 126 Å². The van der Waals surface area contributed by atoms with E-state index in [2.05, 4.69) is 12.2 Å². The minimum Gasteiger partial charge on any atom is -0.453 e. The van der Waals surface area contributed by atoms with Gasteiger partial charge in [-0.2, -0.15) is 0 Å². The molecule has 2 rings (SSSR count). The Balaban J connectivity index is 0.000000240. The Morgan fingerprint density at radius 3 is 2.60 bits per heavy atom. The molecule has 0 aliphatic carbocycles. The van der Waals surface area contributed by atoms with Gasteiger partial charge in [0.05, 0.1) is 7.11 Å². The van der Waals surface area contributed by atoms with Crippen LogP contribution in [0.15, 0.2) is 30.3 Å². The molecule has 1 aliphatic heterocycles. The number of nitrogens with one attached hydrogen (secondary N) is 1. The lowest BCUT2D eigenvalue weighted by molar-refractivity contribution is 0.103. The minimum absolute atomic E-state index is 0.212. The highest BCUT2D eigenvalue weighted by Gasteiger charge is 2.20. The maximum atomic E-state index is 11.3. The molecule has 1 aliphatic rings. The molecule has 0 aromatic heterocycles. The van der Waals surface area contributed by atoms with Crippen LogP contribution in [0.2, 0.25) is 5.02 Å². The maximum absolute atomic E-state index is 11.3. The Morgan fingerprint density at radius 1 is 1.35 bits per heavy atom. The molecule has 0 saturated carbocycles. The molecule has 112 valence electrons. The van der Waals surface area contributed by atoms with E-state index in [1.54, 1.807) is 4.90 Å². The number of amides is 1. The second kappa shape index (κ2) is 9.61. The molecule has 1 saturated heterocycles. The fourth-order valence-corrected chi connectivity index (χ4v) is 2.17. The number of carbonyl (C=O) groups is 1. The van der Waals surface area contributed by atoms with E-state index < -0.39 is 0 Å². The normalized spacial score (nSPS) is 19.1. The average Bonchev–Trinajstić information content (AvgIpc) is 2.44. The second-order valence-corrected chi connectivity index (χ2v) is 5.14. The Morgan fingerprint density at radius 2 is 2.05 bits per heavy atom. The topological polar surface area (TPSA) is 41.6 Å². The number of nitrogens with zero attached hydrogens (tertiary/aromatic N) is 1. The van der Waals surface area contributed by atoms with E-state index in [1.165, 1.54) is 7.11 Å². The summed E-state index contributed by atoms with van der Waals surface area (Å²) in [7, 11) is 1.43. The van der Waals surface area contributed by atoms with Crippen LogP contribution in [-0.4, -0.2) is 43.8 Å². The van der Waals surface area contributed by atoms with Crippen LogP contribution in [0.1, 0.15) is 19.8 Å². The molecule has 4 nitrogen and oxygen atoms in total. The largest absolute Gasteiger partial charge is 0.453 e. The third-order valence-electron chi connectivity index (χ3n) is 3.18. The summed E-state index contributed by atoms with van der Waals surface area (Å²) in [5.41, 5.74) is 0. The molecule has 1 atom stereocenters. The van der Waals surface area contributed by atoms with Gasteiger partial charge in [-0.1, -0.05) is 29.8 Å². The summed E-state index contributed by atoms with van der Waals surface area (Å²) in [6.07, 6.45) is 1.95. The molecule has 1 N–H and O–H groups in total. The highest BCUT2D eigenvalue weighted by molar-refractivity contribution is 6.30. The van der Waals surface area contributed by atoms with Crippen molar-refractivity contribution in [2.75, 3.05) is 26.7 Å². The van der Waals surface area contributed by atoms with Crippen LogP contribution in [0.4, 0.5) is 4.79 Å². The van der Waals surface area contributed by atoms with Gasteiger partial charge in [-0.15, -0.1) is 0 Å². The Kier molecular flexibility index (Phi) is 8.07. The quantitative estimate of drug-likeness (QED) is 0.800. The number of carbonyl (C=O) groups excluding carboxylic acids is 1.